The standard InChI is InChI=1S/C19H27N3O2/c1-14(19(2,3)4)17-20-18(24-21-17)16-7-5-6-15(12-16)13-22-8-10-23-11-9-22/h5-7,12,14H,8-11,13H2,1-4H3. The molecule has 1 saturated heterocycles. The molecule has 1 aromatic carbocycles. The van der Waals surface area contributed by atoms with E-state index in [1.54, 1.807) is 0 Å². The molecule has 2 aromatic rings. The smallest absolute Gasteiger partial charge is 0.257 e. The van der Waals surface area contributed by atoms with Crippen molar-refractivity contribution in [2.24, 2.45) is 5.41 Å². The van der Waals surface area contributed by atoms with Crippen molar-refractivity contribution in [3.05, 3.63) is 35.7 Å². The predicted molar refractivity (Wildman–Crippen MR) is 93.7 cm³/mol. The summed E-state index contributed by atoms with van der Waals surface area (Å²) in [7, 11) is 0. The van der Waals surface area contributed by atoms with Gasteiger partial charge in [-0.2, -0.15) is 4.98 Å². The molecule has 1 fully saturated rings. The molecule has 5 heteroatoms. The summed E-state index contributed by atoms with van der Waals surface area (Å²) in [5, 5.41) is 4.19. The molecular formula is C19H27N3O2. The second-order valence-corrected chi connectivity index (χ2v) is 7.63. The first-order chi connectivity index (χ1) is 11.4. The predicted octanol–water partition coefficient (Wildman–Crippen LogP) is 3.72. The number of rotatable bonds is 4. The summed E-state index contributed by atoms with van der Waals surface area (Å²) in [5.41, 5.74) is 2.36. The molecule has 1 aliphatic heterocycles. The Bertz CT molecular complexity index is 669. The second-order valence-electron chi connectivity index (χ2n) is 7.63. The molecule has 0 N–H and O–H groups in total. The molecule has 0 saturated carbocycles. The molecule has 5 nitrogen and oxygen atoms in total. The van der Waals surface area contributed by atoms with Gasteiger partial charge in [0.15, 0.2) is 5.82 Å². The summed E-state index contributed by atoms with van der Waals surface area (Å²) in [4.78, 5) is 7.03. The number of morpholine rings is 1. The van der Waals surface area contributed by atoms with Crippen LogP contribution >= 0.6 is 0 Å². The quantitative estimate of drug-likeness (QED) is 0.856. The van der Waals surface area contributed by atoms with Crippen LogP contribution < -0.4 is 0 Å². The molecule has 3 rings (SSSR count). The van der Waals surface area contributed by atoms with Crippen LogP contribution in [0.4, 0.5) is 0 Å². The Morgan fingerprint density at radius 3 is 2.67 bits per heavy atom. The van der Waals surface area contributed by atoms with Gasteiger partial charge >= 0.3 is 0 Å². The third-order valence-electron chi connectivity index (χ3n) is 4.81. The van der Waals surface area contributed by atoms with Gasteiger partial charge in [0.1, 0.15) is 0 Å². The fraction of sp³-hybridized carbons (Fsp3) is 0.579. The molecule has 1 aromatic heterocycles. The Morgan fingerprint density at radius 1 is 1.21 bits per heavy atom. The number of hydrogen-bond acceptors (Lipinski definition) is 5. The minimum absolute atomic E-state index is 0.110. The minimum Gasteiger partial charge on any atom is -0.379 e. The van der Waals surface area contributed by atoms with Crippen LogP contribution in [0, 0.1) is 5.41 Å². The van der Waals surface area contributed by atoms with Crippen LogP contribution in [0.5, 0.6) is 0 Å². The fourth-order valence-electron chi connectivity index (χ4n) is 2.74. The lowest BCUT2D eigenvalue weighted by molar-refractivity contribution is 0.0342. The second kappa shape index (κ2) is 7.03. The molecule has 0 spiro atoms. The molecule has 0 bridgehead atoms. The largest absolute Gasteiger partial charge is 0.379 e. The molecule has 0 radical (unpaired) electrons. The maximum absolute atomic E-state index is 5.52. The van der Waals surface area contributed by atoms with Gasteiger partial charge in [-0.3, -0.25) is 4.90 Å². The van der Waals surface area contributed by atoms with Crippen LogP contribution in [-0.2, 0) is 11.3 Å². The topological polar surface area (TPSA) is 51.4 Å². The summed E-state index contributed by atoms with van der Waals surface area (Å²) in [6.45, 7) is 13.2. The summed E-state index contributed by atoms with van der Waals surface area (Å²) in [5.74, 6) is 1.62. The van der Waals surface area contributed by atoms with Crippen LogP contribution in [0.15, 0.2) is 28.8 Å². The summed E-state index contributed by atoms with van der Waals surface area (Å²) < 4.78 is 10.9. The molecular weight excluding hydrogens is 302 g/mol. The normalized spacial score (nSPS) is 17.8. The van der Waals surface area contributed by atoms with Crippen molar-refractivity contribution >= 4 is 0 Å². The van der Waals surface area contributed by atoms with E-state index >= 15 is 0 Å². The Balaban J connectivity index is 1.75. The van der Waals surface area contributed by atoms with E-state index in [-0.39, 0.29) is 11.3 Å². The van der Waals surface area contributed by atoms with Crippen LogP contribution in [-0.4, -0.2) is 41.3 Å². The van der Waals surface area contributed by atoms with Gasteiger partial charge < -0.3 is 9.26 Å². The Hall–Kier alpha value is -1.72. The van der Waals surface area contributed by atoms with Crippen molar-refractivity contribution in [1.29, 1.82) is 0 Å². The van der Waals surface area contributed by atoms with E-state index in [1.807, 2.05) is 6.07 Å². The van der Waals surface area contributed by atoms with Crippen molar-refractivity contribution in [3.63, 3.8) is 0 Å². The molecule has 0 aliphatic carbocycles. The van der Waals surface area contributed by atoms with Gasteiger partial charge in [-0.1, -0.05) is 45.0 Å². The van der Waals surface area contributed by atoms with Crippen LogP contribution in [0.3, 0.4) is 0 Å². The molecule has 24 heavy (non-hydrogen) atoms. The lowest BCUT2D eigenvalue weighted by Crippen LogP contribution is -2.35. The molecule has 1 aliphatic rings. The Kier molecular flexibility index (Phi) is 5.01. The summed E-state index contributed by atoms with van der Waals surface area (Å²) >= 11 is 0. The van der Waals surface area contributed by atoms with E-state index < -0.39 is 0 Å². The SMILES string of the molecule is CC(c1noc(-c2cccc(CN3CCOCC3)c2)n1)C(C)(C)C. The van der Waals surface area contributed by atoms with E-state index in [9.17, 15) is 0 Å². The highest BCUT2D eigenvalue weighted by Crippen LogP contribution is 2.33. The van der Waals surface area contributed by atoms with Crippen molar-refractivity contribution in [3.8, 4) is 11.5 Å². The van der Waals surface area contributed by atoms with Crippen LogP contribution in [0.2, 0.25) is 0 Å². The molecule has 2 heterocycles. The van der Waals surface area contributed by atoms with E-state index in [0.29, 0.717) is 5.89 Å². The average Bonchev–Trinajstić information content (AvgIpc) is 3.04. The lowest BCUT2D eigenvalue weighted by Gasteiger charge is -2.26. The maximum atomic E-state index is 5.52. The zero-order chi connectivity index (χ0) is 17.2. The van der Waals surface area contributed by atoms with Gasteiger partial charge in [-0.15, -0.1) is 0 Å². The van der Waals surface area contributed by atoms with Gasteiger partial charge in [0, 0.05) is 31.1 Å². The first-order valence-electron chi connectivity index (χ1n) is 8.66. The first kappa shape index (κ1) is 17.1. The molecule has 1 unspecified atom stereocenters. The third kappa shape index (κ3) is 4.02. The third-order valence-corrected chi connectivity index (χ3v) is 4.81. The molecule has 1 atom stereocenters. The van der Waals surface area contributed by atoms with Crippen LogP contribution in [0.1, 0.15) is 45.0 Å². The van der Waals surface area contributed by atoms with Gasteiger partial charge in [0.05, 0.1) is 13.2 Å². The van der Waals surface area contributed by atoms with Gasteiger partial charge in [-0.05, 0) is 23.1 Å². The molecule has 0 amide bonds. The summed E-state index contributed by atoms with van der Waals surface area (Å²) in [6, 6.07) is 8.38. The average molecular weight is 329 g/mol. The number of ether oxygens (including phenoxy) is 1. The highest BCUT2D eigenvalue weighted by Gasteiger charge is 2.26. The van der Waals surface area contributed by atoms with Crippen molar-refractivity contribution in [1.82, 2.24) is 15.0 Å². The first-order valence-corrected chi connectivity index (χ1v) is 8.66. The van der Waals surface area contributed by atoms with Crippen LogP contribution in [0.25, 0.3) is 11.5 Å². The zero-order valence-corrected chi connectivity index (χ0v) is 15.1. The highest BCUT2D eigenvalue weighted by molar-refractivity contribution is 5.54. The van der Waals surface area contributed by atoms with E-state index in [2.05, 4.69) is 60.9 Å². The van der Waals surface area contributed by atoms with E-state index in [4.69, 9.17) is 9.26 Å². The van der Waals surface area contributed by atoms with Crippen molar-refractivity contribution < 1.29 is 9.26 Å². The molecule has 130 valence electrons. The number of aromatic nitrogens is 2. The Labute approximate surface area is 144 Å². The monoisotopic (exact) mass is 329 g/mol. The fourth-order valence-corrected chi connectivity index (χ4v) is 2.74. The Morgan fingerprint density at radius 2 is 1.96 bits per heavy atom. The minimum atomic E-state index is 0.110. The van der Waals surface area contributed by atoms with Crippen molar-refractivity contribution in [2.75, 3.05) is 26.3 Å². The van der Waals surface area contributed by atoms with Gasteiger partial charge in [0.25, 0.3) is 5.89 Å². The number of nitrogens with zero attached hydrogens (tertiary/aromatic N) is 3. The highest BCUT2D eigenvalue weighted by atomic mass is 16.5. The number of hydrogen-bond donors (Lipinski definition) is 0. The lowest BCUT2D eigenvalue weighted by atomic mass is 9.82. The van der Waals surface area contributed by atoms with E-state index in [1.165, 1.54) is 5.56 Å². The van der Waals surface area contributed by atoms with E-state index in [0.717, 1.165) is 44.2 Å². The van der Waals surface area contributed by atoms with Gasteiger partial charge in [-0.25, -0.2) is 0 Å². The number of benzene rings is 1. The zero-order valence-electron chi connectivity index (χ0n) is 15.1. The van der Waals surface area contributed by atoms with Gasteiger partial charge in [0.2, 0.25) is 0 Å². The summed E-state index contributed by atoms with van der Waals surface area (Å²) in [6.07, 6.45) is 0. The maximum Gasteiger partial charge on any atom is 0.257 e. The van der Waals surface area contributed by atoms with Crippen molar-refractivity contribution in [2.45, 2.75) is 40.2 Å².